The molecule has 0 radical (unpaired) electrons. The van der Waals surface area contributed by atoms with E-state index in [-0.39, 0.29) is 6.61 Å². The van der Waals surface area contributed by atoms with Crippen molar-refractivity contribution in [2.24, 2.45) is 0 Å². The van der Waals surface area contributed by atoms with Gasteiger partial charge in [0.15, 0.2) is 6.04 Å². The summed E-state index contributed by atoms with van der Waals surface area (Å²) < 4.78 is 11.8. The Hall–Kier alpha value is -2.57. The Balaban J connectivity index is 2.42. The maximum absolute atomic E-state index is 11.5. The molecule has 0 N–H and O–H groups in total. The van der Waals surface area contributed by atoms with Crippen LogP contribution >= 0.6 is 0 Å². The van der Waals surface area contributed by atoms with Gasteiger partial charge in [-0.2, -0.15) is 0 Å². The molecule has 0 aromatic heterocycles. The third kappa shape index (κ3) is 3.63. The molecule has 1 spiro atoms. The van der Waals surface area contributed by atoms with Gasteiger partial charge in [-0.1, -0.05) is 6.08 Å². The summed E-state index contributed by atoms with van der Waals surface area (Å²) in [6.45, 7) is 8.72. The molecule has 0 saturated carbocycles. The van der Waals surface area contributed by atoms with Crippen molar-refractivity contribution in [2.75, 3.05) is 32.8 Å². The highest BCUT2D eigenvalue weighted by molar-refractivity contribution is 5.36. The Labute approximate surface area is 155 Å². The normalized spacial score (nSPS) is 25.3. The van der Waals surface area contributed by atoms with Crippen LogP contribution in [0, 0.1) is 36.4 Å². The molecule has 1 saturated heterocycles. The van der Waals surface area contributed by atoms with E-state index in [9.17, 15) is 30.3 Å². The Morgan fingerprint density at radius 2 is 1.74 bits per heavy atom. The Morgan fingerprint density at radius 1 is 1.15 bits per heavy atom. The number of nitro groups is 3. The highest BCUT2D eigenvalue weighted by atomic mass is 16.8. The van der Waals surface area contributed by atoms with Gasteiger partial charge in [0.1, 0.15) is 18.3 Å². The molecule has 1 aliphatic heterocycles. The molecule has 0 amide bonds. The molecule has 12 heteroatoms. The van der Waals surface area contributed by atoms with Crippen molar-refractivity contribution < 1.29 is 28.7 Å². The lowest BCUT2D eigenvalue weighted by Crippen LogP contribution is -2.53. The van der Waals surface area contributed by atoms with Gasteiger partial charge < -0.3 is 14.0 Å². The van der Waals surface area contributed by atoms with Crippen LogP contribution in [0.3, 0.4) is 0 Å². The smallest absolute Gasteiger partial charge is 0.287 e. The van der Waals surface area contributed by atoms with Crippen LogP contribution in [0.4, 0.5) is 0 Å². The number of rotatable bonds is 8. The van der Waals surface area contributed by atoms with Gasteiger partial charge in [-0.15, -0.1) is 0 Å². The maximum atomic E-state index is 11.5. The van der Waals surface area contributed by atoms with E-state index >= 15 is 0 Å². The molecule has 2 aliphatic rings. The second-order valence-electron chi connectivity index (χ2n) is 6.40. The van der Waals surface area contributed by atoms with E-state index in [2.05, 4.69) is 0 Å². The summed E-state index contributed by atoms with van der Waals surface area (Å²) in [6, 6.07) is -0.867. The average molecular weight is 386 g/mol. The fourth-order valence-electron chi connectivity index (χ4n) is 3.46. The van der Waals surface area contributed by atoms with Gasteiger partial charge in [0.05, 0.1) is 31.2 Å². The van der Waals surface area contributed by atoms with Crippen LogP contribution in [-0.4, -0.2) is 63.9 Å². The SMILES string of the molecule is CC[N+](CC)(CC)CC1COC2(O1)C([N+](=O)[O-])=CC([N+](=O)[O-])=C[C-]2[N+](=O)[O-]. The van der Waals surface area contributed by atoms with Gasteiger partial charge in [0.25, 0.3) is 11.5 Å². The highest BCUT2D eigenvalue weighted by Crippen LogP contribution is 2.44. The van der Waals surface area contributed by atoms with Crippen LogP contribution < -0.4 is 0 Å². The van der Waals surface area contributed by atoms with E-state index in [1.807, 2.05) is 20.8 Å². The fraction of sp³-hybridized carbons (Fsp3) is 0.667. The van der Waals surface area contributed by atoms with Gasteiger partial charge >= 0.3 is 0 Å². The van der Waals surface area contributed by atoms with Crippen molar-refractivity contribution in [3.8, 4) is 0 Å². The molecular weight excluding hydrogens is 364 g/mol. The van der Waals surface area contributed by atoms with Gasteiger partial charge in [-0.3, -0.25) is 30.3 Å². The summed E-state index contributed by atoms with van der Waals surface area (Å²) in [5.74, 6) is -2.36. The minimum atomic E-state index is -2.36. The lowest BCUT2D eigenvalue weighted by Gasteiger charge is -2.38. The Morgan fingerprint density at radius 3 is 2.19 bits per heavy atom. The standard InChI is InChI=1S/C15H22N4O8/c1-4-19(5-2,6-3)9-12-10-26-15(27-12)13(17(22)23)7-11(16(20)21)8-14(15)18(24)25/h7-8,12H,4-6,9-10H2,1-3H3. The van der Waals surface area contributed by atoms with Crippen LogP contribution in [0.15, 0.2) is 23.5 Å². The lowest BCUT2D eigenvalue weighted by atomic mass is 9.96. The molecule has 0 bridgehead atoms. The van der Waals surface area contributed by atoms with Crippen molar-refractivity contribution in [3.63, 3.8) is 0 Å². The van der Waals surface area contributed by atoms with Gasteiger partial charge in [-0.05, 0) is 30.6 Å². The second kappa shape index (κ2) is 7.58. The highest BCUT2D eigenvalue weighted by Gasteiger charge is 2.60. The second-order valence-corrected chi connectivity index (χ2v) is 6.40. The molecular formula is C15H22N4O8. The number of hydrogen-bond donors (Lipinski definition) is 0. The Kier molecular flexibility index (Phi) is 5.82. The third-order valence-electron chi connectivity index (χ3n) is 5.26. The molecule has 150 valence electrons. The number of likely N-dealkylation sites (N-methyl/N-ethyl adjacent to an activating group) is 1. The van der Waals surface area contributed by atoms with Crippen LogP contribution in [0.2, 0.25) is 0 Å². The first-order chi connectivity index (χ1) is 12.6. The monoisotopic (exact) mass is 386 g/mol. The van der Waals surface area contributed by atoms with Crippen LogP contribution in [0.1, 0.15) is 20.8 Å². The molecule has 2 rings (SSSR count). The largest absolute Gasteiger partial charge is 0.344 e. The van der Waals surface area contributed by atoms with Gasteiger partial charge in [0.2, 0.25) is 0 Å². The minimum Gasteiger partial charge on any atom is -0.344 e. The zero-order valence-electron chi connectivity index (χ0n) is 15.3. The molecule has 27 heavy (non-hydrogen) atoms. The van der Waals surface area contributed by atoms with Crippen LogP contribution in [0.25, 0.3) is 0 Å². The van der Waals surface area contributed by atoms with E-state index in [0.29, 0.717) is 23.2 Å². The van der Waals surface area contributed by atoms with Crippen molar-refractivity contribution in [2.45, 2.75) is 32.7 Å². The quantitative estimate of drug-likeness (QED) is 0.261. The average Bonchev–Trinajstić information content (AvgIpc) is 3.02. The molecule has 2 unspecified atom stereocenters. The van der Waals surface area contributed by atoms with E-state index in [1.165, 1.54) is 0 Å². The van der Waals surface area contributed by atoms with E-state index in [4.69, 9.17) is 9.47 Å². The van der Waals surface area contributed by atoms with Crippen molar-refractivity contribution in [3.05, 3.63) is 59.9 Å². The first-order valence-corrected chi connectivity index (χ1v) is 8.56. The summed E-state index contributed by atoms with van der Waals surface area (Å²) in [6.07, 6.45) is 0.669. The van der Waals surface area contributed by atoms with E-state index < -0.39 is 44.1 Å². The molecule has 12 nitrogen and oxygen atoms in total. The lowest BCUT2D eigenvalue weighted by molar-refractivity contribution is -0.925. The summed E-state index contributed by atoms with van der Waals surface area (Å²) in [7, 11) is 0. The van der Waals surface area contributed by atoms with Crippen LogP contribution in [0.5, 0.6) is 0 Å². The van der Waals surface area contributed by atoms with Crippen molar-refractivity contribution in [1.29, 1.82) is 0 Å². The summed E-state index contributed by atoms with van der Waals surface area (Å²) in [5.41, 5.74) is -1.64. The number of hydrogen-bond acceptors (Lipinski definition) is 8. The molecule has 0 aromatic carbocycles. The van der Waals surface area contributed by atoms with Crippen molar-refractivity contribution >= 4 is 0 Å². The van der Waals surface area contributed by atoms with E-state index in [0.717, 1.165) is 19.6 Å². The zero-order chi connectivity index (χ0) is 20.4. The number of quaternary nitrogens is 1. The third-order valence-corrected chi connectivity index (χ3v) is 5.26. The van der Waals surface area contributed by atoms with E-state index in [1.54, 1.807) is 0 Å². The van der Waals surface area contributed by atoms with Gasteiger partial charge in [-0.25, -0.2) is 0 Å². The minimum absolute atomic E-state index is 0.0931. The molecule has 1 fully saturated rings. The molecule has 2 atom stereocenters. The Bertz CT molecular complexity index is 694. The number of allylic oxidation sites excluding steroid dienone is 1. The first-order valence-electron chi connectivity index (χ1n) is 8.56. The summed E-state index contributed by atoms with van der Waals surface area (Å²) in [5, 5.41) is 34.0. The molecule has 1 aliphatic carbocycles. The zero-order valence-corrected chi connectivity index (χ0v) is 15.3. The number of nitrogens with zero attached hydrogens (tertiary/aromatic N) is 4. The number of ether oxygens (including phenoxy) is 2. The molecule has 0 aromatic rings. The van der Waals surface area contributed by atoms with Gasteiger partial charge in [0, 0.05) is 6.08 Å². The maximum Gasteiger partial charge on any atom is 0.287 e. The molecule has 1 heterocycles. The predicted octanol–water partition coefficient (Wildman–Crippen LogP) is 1.12. The first kappa shape index (κ1) is 20.7. The van der Waals surface area contributed by atoms with Crippen molar-refractivity contribution in [1.82, 2.24) is 0 Å². The topological polar surface area (TPSA) is 148 Å². The summed E-state index contributed by atoms with van der Waals surface area (Å²) in [4.78, 5) is 31.2. The van der Waals surface area contributed by atoms with Crippen LogP contribution in [-0.2, 0) is 9.47 Å². The predicted molar refractivity (Wildman–Crippen MR) is 90.7 cm³/mol. The summed E-state index contributed by atoms with van der Waals surface area (Å²) >= 11 is 0. The fourth-order valence-corrected chi connectivity index (χ4v) is 3.46.